The van der Waals surface area contributed by atoms with Gasteiger partial charge < -0.3 is 5.32 Å². The zero-order valence-electron chi connectivity index (χ0n) is 13.6. The number of allylic oxidation sites excluding steroid dienone is 2. The molecule has 0 amide bonds. The lowest BCUT2D eigenvalue weighted by Gasteiger charge is -2.38. The summed E-state index contributed by atoms with van der Waals surface area (Å²) in [7, 11) is 0. The molecule has 0 bridgehead atoms. The molecule has 2 aliphatic rings. The van der Waals surface area contributed by atoms with Gasteiger partial charge in [0.15, 0.2) is 0 Å². The number of benzene rings is 2. The minimum atomic E-state index is -0.173. The van der Waals surface area contributed by atoms with Crippen molar-refractivity contribution in [2.75, 3.05) is 5.32 Å². The molecular formula is C21H22FN. The molecule has 1 nitrogen and oxygen atoms in total. The summed E-state index contributed by atoms with van der Waals surface area (Å²) in [5.74, 6) is 1.34. The second-order valence-electron chi connectivity index (χ2n) is 7.03. The van der Waals surface area contributed by atoms with Crippen molar-refractivity contribution in [3.8, 4) is 0 Å². The van der Waals surface area contributed by atoms with E-state index in [0.717, 1.165) is 6.42 Å². The van der Waals surface area contributed by atoms with Crippen LogP contribution in [0.4, 0.5) is 10.1 Å². The van der Waals surface area contributed by atoms with Gasteiger partial charge in [0, 0.05) is 11.6 Å². The first-order valence-corrected chi connectivity index (χ1v) is 8.46. The lowest BCUT2D eigenvalue weighted by atomic mass is 9.76. The number of rotatable bonds is 2. The third kappa shape index (κ3) is 2.46. The second kappa shape index (κ2) is 5.52. The molecule has 3 atom stereocenters. The van der Waals surface area contributed by atoms with Crippen molar-refractivity contribution in [3.05, 3.63) is 77.1 Å². The van der Waals surface area contributed by atoms with Crippen molar-refractivity contribution in [1.82, 2.24) is 0 Å². The van der Waals surface area contributed by atoms with Crippen LogP contribution in [0.25, 0.3) is 0 Å². The quantitative estimate of drug-likeness (QED) is 0.694. The highest BCUT2D eigenvalue weighted by atomic mass is 19.1. The first-order chi connectivity index (χ1) is 11.1. The summed E-state index contributed by atoms with van der Waals surface area (Å²) in [6.07, 6.45) is 5.72. The summed E-state index contributed by atoms with van der Waals surface area (Å²) >= 11 is 0. The van der Waals surface area contributed by atoms with E-state index in [1.807, 2.05) is 12.1 Å². The maximum Gasteiger partial charge on any atom is 0.123 e. The Bertz CT molecular complexity index is 745. The van der Waals surface area contributed by atoms with E-state index in [1.54, 1.807) is 12.1 Å². The zero-order valence-corrected chi connectivity index (χ0v) is 13.6. The van der Waals surface area contributed by atoms with Gasteiger partial charge in [0.1, 0.15) is 5.82 Å². The Morgan fingerprint density at radius 1 is 1.09 bits per heavy atom. The Morgan fingerprint density at radius 2 is 1.87 bits per heavy atom. The summed E-state index contributed by atoms with van der Waals surface area (Å²) in [4.78, 5) is 0. The fraction of sp³-hybridized carbons (Fsp3) is 0.333. The van der Waals surface area contributed by atoms with Crippen LogP contribution in [-0.2, 0) is 0 Å². The lowest BCUT2D eigenvalue weighted by Crippen LogP contribution is -2.29. The van der Waals surface area contributed by atoms with Crippen LogP contribution in [-0.4, -0.2) is 0 Å². The average molecular weight is 307 g/mol. The summed E-state index contributed by atoms with van der Waals surface area (Å²) in [6.45, 7) is 4.47. The molecule has 2 aromatic carbocycles. The molecule has 0 radical (unpaired) electrons. The Hall–Kier alpha value is -2.09. The van der Waals surface area contributed by atoms with Crippen LogP contribution in [0.3, 0.4) is 0 Å². The van der Waals surface area contributed by atoms with E-state index in [0.29, 0.717) is 17.8 Å². The standard InChI is InChI=1S/C21H22FN/c1-13(2)15-8-11-20-19(12-15)17-4-3-5-18(17)21(23-20)14-6-9-16(22)10-7-14/h3-4,6-13,17-18,21,23H,5H2,1-2H3. The summed E-state index contributed by atoms with van der Waals surface area (Å²) in [5, 5.41) is 3.71. The molecule has 4 rings (SSSR count). The predicted molar refractivity (Wildman–Crippen MR) is 93.3 cm³/mol. The average Bonchev–Trinajstić information content (AvgIpc) is 3.04. The third-order valence-electron chi connectivity index (χ3n) is 5.28. The van der Waals surface area contributed by atoms with E-state index in [-0.39, 0.29) is 11.9 Å². The molecule has 0 spiro atoms. The van der Waals surface area contributed by atoms with Gasteiger partial charge in [-0.2, -0.15) is 0 Å². The van der Waals surface area contributed by atoms with E-state index >= 15 is 0 Å². The normalized spacial score (nSPS) is 25.1. The van der Waals surface area contributed by atoms with Crippen LogP contribution in [0.15, 0.2) is 54.6 Å². The summed E-state index contributed by atoms with van der Waals surface area (Å²) in [6, 6.07) is 14.0. The number of hydrogen-bond acceptors (Lipinski definition) is 1. The van der Waals surface area contributed by atoms with Gasteiger partial charge in [-0.05, 0) is 53.1 Å². The summed E-state index contributed by atoms with van der Waals surface area (Å²) in [5.41, 5.74) is 5.19. The van der Waals surface area contributed by atoms with Gasteiger partial charge in [-0.1, -0.05) is 50.3 Å². The molecule has 118 valence electrons. The van der Waals surface area contributed by atoms with Gasteiger partial charge in [-0.25, -0.2) is 4.39 Å². The zero-order chi connectivity index (χ0) is 16.0. The maximum absolute atomic E-state index is 13.2. The largest absolute Gasteiger partial charge is 0.378 e. The number of nitrogens with one attached hydrogen (secondary N) is 1. The topological polar surface area (TPSA) is 12.0 Å². The number of fused-ring (bicyclic) bond motifs is 3. The highest BCUT2D eigenvalue weighted by Crippen LogP contribution is 2.50. The highest BCUT2D eigenvalue weighted by Gasteiger charge is 2.37. The predicted octanol–water partition coefficient (Wildman–Crippen LogP) is 5.78. The van der Waals surface area contributed by atoms with Crippen molar-refractivity contribution in [3.63, 3.8) is 0 Å². The molecule has 0 aromatic heterocycles. The monoisotopic (exact) mass is 307 g/mol. The molecule has 3 unspecified atom stereocenters. The molecular weight excluding hydrogens is 285 g/mol. The van der Waals surface area contributed by atoms with Crippen molar-refractivity contribution in [2.24, 2.45) is 5.92 Å². The van der Waals surface area contributed by atoms with Crippen LogP contribution in [0.2, 0.25) is 0 Å². The van der Waals surface area contributed by atoms with Gasteiger partial charge in [0.25, 0.3) is 0 Å². The molecule has 2 heteroatoms. The molecule has 0 fully saturated rings. The minimum absolute atomic E-state index is 0.173. The Morgan fingerprint density at radius 3 is 2.61 bits per heavy atom. The molecule has 0 saturated carbocycles. The van der Waals surface area contributed by atoms with Crippen molar-refractivity contribution in [2.45, 2.75) is 38.1 Å². The molecule has 1 aliphatic heterocycles. The fourth-order valence-corrected chi connectivity index (χ4v) is 3.97. The Labute approximate surface area is 137 Å². The SMILES string of the molecule is CC(C)c1ccc2c(c1)C1C=CCC1C(c1ccc(F)cc1)N2. The van der Waals surface area contributed by atoms with Crippen LogP contribution in [0.5, 0.6) is 0 Å². The van der Waals surface area contributed by atoms with Gasteiger partial charge in [-0.3, -0.25) is 0 Å². The maximum atomic E-state index is 13.2. The van der Waals surface area contributed by atoms with E-state index in [2.05, 4.69) is 49.5 Å². The lowest BCUT2D eigenvalue weighted by molar-refractivity contribution is 0.425. The van der Waals surface area contributed by atoms with Crippen molar-refractivity contribution in [1.29, 1.82) is 0 Å². The van der Waals surface area contributed by atoms with E-state index in [4.69, 9.17) is 0 Å². The minimum Gasteiger partial charge on any atom is -0.378 e. The van der Waals surface area contributed by atoms with Gasteiger partial charge in [0.2, 0.25) is 0 Å². The van der Waals surface area contributed by atoms with Crippen LogP contribution in [0.1, 0.15) is 54.8 Å². The fourth-order valence-electron chi connectivity index (χ4n) is 3.97. The molecule has 23 heavy (non-hydrogen) atoms. The summed E-state index contributed by atoms with van der Waals surface area (Å²) < 4.78 is 13.2. The number of anilines is 1. The third-order valence-corrected chi connectivity index (χ3v) is 5.28. The van der Waals surface area contributed by atoms with Crippen molar-refractivity contribution >= 4 is 5.69 Å². The molecule has 1 heterocycles. The number of hydrogen-bond donors (Lipinski definition) is 1. The molecule has 1 aliphatic carbocycles. The van der Waals surface area contributed by atoms with Crippen LogP contribution in [0, 0.1) is 11.7 Å². The smallest absolute Gasteiger partial charge is 0.123 e. The molecule has 0 saturated heterocycles. The second-order valence-corrected chi connectivity index (χ2v) is 7.03. The van der Waals surface area contributed by atoms with Crippen molar-refractivity contribution < 1.29 is 4.39 Å². The van der Waals surface area contributed by atoms with E-state index in [9.17, 15) is 4.39 Å². The molecule has 2 aromatic rings. The van der Waals surface area contributed by atoms with Crippen LogP contribution < -0.4 is 5.32 Å². The first-order valence-electron chi connectivity index (χ1n) is 8.46. The van der Waals surface area contributed by atoms with E-state index < -0.39 is 0 Å². The highest BCUT2D eigenvalue weighted by molar-refractivity contribution is 5.61. The Kier molecular flexibility index (Phi) is 3.48. The van der Waals surface area contributed by atoms with Crippen LogP contribution >= 0.6 is 0 Å². The van der Waals surface area contributed by atoms with E-state index in [1.165, 1.54) is 22.4 Å². The molecule has 1 N–H and O–H groups in total. The van der Waals surface area contributed by atoms with Gasteiger partial charge >= 0.3 is 0 Å². The van der Waals surface area contributed by atoms with Gasteiger partial charge in [0.05, 0.1) is 6.04 Å². The van der Waals surface area contributed by atoms with Gasteiger partial charge in [-0.15, -0.1) is 0 Å². The number of halogens is 1. The first kappa shape index (κ1) is 14.5. The Balaban J connectivity index is 1.75.